The summed E-state index contributed by atoms with van der Waals surface area (Å²) < 4.78 is 66.5. The number of halogens is 76. The number of rotatable bonds is 41. The van der Waals surface area contributed by atoms with E-state index in [1.54, 1.807) is 48.5 Å². The van der Waals surface area contributed by atoms with Crippen molar-refractivity contribution in [3.63, 3.8) is 0 Å². The third-order valence-electron chi connectivity index (χ3n) is 8.12. The first-order valence-electron chi connectivity index (χ1n) is 21.7. The van der Waals surface area contributed by atoms with Gasteiger partial charge in [-0.05, 0) is 48.5 Å². The maximum Gasteiger partial charge on any atom is 1.00 e. The summed E-state index contributed by atoms with van der Waals surface area (Å²) in [7, 11) is -20.3. The summed E-state index contributed by atoms with van der Waals surface area (Å²) in [5.74, 6) is -7.58. The smallest absolute Gasteiger partial charge is 1.00 e. The molecule has 2 rings (SSSR count). The Balaban J connectivity index is -0.000000569. The molecule has 0 atom stereocenters. The summed E-state index contributed by atoms with van der Waals surface area (Å²) in [4.78, 5) is 34.9. The molecule has 7 nitrogen and oxygen atoms in total. The van der Waals surface area contributed by atoms with Crippen LogP contribution in [0.2, 0.25) is 0 Å². The Morgan fingerprint density at radius 3 is 0.604 bits per heavy atom. The summed E-state index contributed by atoms with van der Waals surface area (Å²) in [6, 6.07) is 0. The zero-order chi connectivity index (χ0) is 84.7. The minimum atomic E-state index is -2.91. The number of aliphatic hydroxyl groups excluding tert-OH is 1. The minimum Gasteiger partial charge on any atom is -1.00 e. The van der Waals surface area contributed by atoms with Crippen molar-refractivity contribution in [2.75, 3.05) is 13.2 Å². The molecule has 111 heavy (non-hydrogen) atoms. The molecule has 0 aromatic rings. The van der Waals surface area contributed by atoms with Gasteiger partial charge < -0.3 is 20.7 Å². The summed E-state index contributed by atoms with van der Waals surface area (Å²) in [5.41, 5.74) is -3.74. The first kappa shape index (κ1) is 171. The van der Waals surface area contributed by atoms with Crippen LogP contribution >= 0.6 is 965 Å². The molecular formula is C26H47BF4I72LiO7. The van der Waals surface area contributed by atoms with Gasteiger partial charge in [-0.3, -0.25) is 14.4 Å². The van der Waals surface area contributed by atoms with Gasteiger partial charge in [0.05, 0.1) is 24.9 Å². The third kappa shape index (κ3) is 69.2. The summed E-state index contributed by atoms with van der Waals surface area (Å²) >= 11 is 123. The van der Waals surface area contributed by atoms with Crippen LogP contribution in [0.4, 0.5) is 17.6 Å². The van der Waals surface area contributed by atoms with Crippen molar-refractivity contribution < 1.29 is 71.5 Å². The zero-order valence-corrected chi connectivity index (χ0v) is 206. The molecule has 0 heterocycles. The number of hydrogen-bond acceptors (Lipinski definition) is 7. The first-order chi connectivity index (χ1) is 48.3. The molecule has 2 aliphatic carbocycles. The van der Waals surface area contributed by atoms with Crippen molar-refractivity contribution in [3.05, 3.63) is 0 Å². The normalized spacial score (nSPS) is 19.1. The zero-order valence-electron chi connectivity index (χ0n) is 51.4. The fourth-order valence-corrected chi connectivity index (χ4v) is 13800. The van der Waals surface area contributed by atoms with Crippen LogP contribution in [0.3, 0.4) is 0 Å². The van der Waals surface area contributed by atoms with Crippen LogP contribution in [0.25, 0.3) is 0 Å². The SMILES string of the molecule is C.C.CC(C)(C)OC(=O)CC1(CO)CC(F)(F)C1.CCOC(=O)C1(CC(=O)OC(C)(C)C)CC(F)(F)C1.II(I)I(I)I(I)I(I)I(I)I(I)I(I)I(I)I(I)I(I)I(I)I(I)I(I)I(I)I(I)I(I)I(I)I(I)I(I)I(I)I(I)I(I)I(I)I(I)I(I)I(I)I(I)I(I)I(I)I(I)I(I)I(I)I(I)I(I)I(I)I.[B].[H-].[Li+]. The standard InChI is InChI=1S/C13H20F2O4.C11H18F2O3.2CH4.B.I72.Li.H/c1-5-18-10(17)12(7-13(14,15)8-12)6-9(16)19-11(2,3)4;1-9(2,3)16-8(15)4-10(7-14)5-11(12,13)6-10;;;;1-38(2)40(5)42(7)44(9)46(11)48(13)50(15)52(17)54(19)56(21)58(23)60(25)62(27)64(29)66(31)68(33)70(35)72(37)71(36)69(34)67(32)65(30)63(28)61(26)59(24)57(22)55(20)53(18)51(16)49(14)47(12)45(10)43(8)41(6)39(3)4;;/h5-8H2,1-4H3;14H,4-7H2,1-3H3;2*1H4;;;;/q;;;;;;+1;-1. The van der Waals surface area contributed by atoms with Gasteiger partial charge in [-0.25, -0.2) is 17.6 Å². The molecule has 0 aromatic heterocycles. The Morgan fingerprint density at radius 1 is 0.324 bits per heavy atom. The van der Waals surface area contributed by atoms with Gasteiger partial charge >= 0.3 is 1000 Å². The van der Waals surface area contributed by atoms with E-state index in [2.05, 4.69) is 689 Å². The monoisotopic (exact) mass is 9700 g/mol. The van der Waals surface area contributed by atoms with Crippen molar-refractivity contribution in [3.8, 4) is 0 Å². The number of alkyl halides is 4. The summed E-state index contributed by atoms with van der Waals surface area (Å²) in [6.07, 6.45) is -2.68. The fraction of sp³-hybridized carbons (Fsp3) is 0.885. The van der Waals surface area contributed by atoms with E-state index in [-0.39, 0.29) is 63.0 Å². The van der Waals surface area contributed by atoms with Gasteiger partial charge in [-0.15, -0.1) is 0 Å². The number of carbonyl (C=O) groups excluding carboxylic acids is 3. The maximum absolute atomic E-state index is 13.1. The van der Waals surface area contributed by atoms with Crippen LogP contribution in [0.15, 0.2) is 0 Å². The molecule has 2 aliphatic rings. The molecule has 729 valence electrons. The average Bonchev–Trinajstić information content (AvgIpc) is 0.755. The molecule has 0 amide bonds. The van der Waals surface area contributed by atoms with E-state index in [4.69, 9.17) is 19.3 Å². The quantitative estimate of drug-likeness (QED) is 0.0214. The van der Waals surface area contributed by atoms with Crippen LogP contribution in [0.1, 0.15) is 103 Å². The van der Waals surface area contributed by atoms with Gasteiger partial charge in [0.25, 0.3) is 0 Å². The second kappa shape index (κ2) is 92.0. The van der Waals surface area contributed by atoms with Crippen molar-refractivity contribution >= 4 is 991 Å². The Labute approximate surface area is 1150 Å². The molecule has 0 spiro atoms. The molecule has 0 unspecified atom stereocenters. The van der Waals surface area contributed by atoms with Crippen molar-refractivity contribution in [1.29, 1.82) is 0 Å². The Kier molecular flexibility index (Phi) is 141. The molecule has 1 N–H and O–H groups in total. The van der Waals surface area contributed by atoms with E-state index in [0.29, 0.717) is 0 Å². The molecule has 2 saturated carbocycles. The van der Waals surface area contributed by atoms with Gasteiger partial charge in [0.2, 0.25) is 11.8 Å². The van der Waals surface area contributed by atoms with Crippen LogP contribution < -0.4 is 18.9 Å². The predicted molar refractivity (Wildman–Crippen MR) is 1150 cm³/mol. The summed E-state index contributed by atoms with van der Waals surface area (Å²) in [6.45, 7) is 11.5. The van der Waals surface area contributed by atoms with E-state index in [9.17, 15) is 31.9 Å². The van der Waals surface area contributed by atoms with Crippen LogP contribution in [-0.4, -0.2) is 67.7 Å². The molecule has 0 aromatic carbocycles. The second-order valence-corrected chi connectivity index (χ2v) is 1720. The van der Waals surface area contributed by atoms with Crippen molar-refractivity contribution in [2.24, 2.45) is 10.8 Å². The van der Waals surface area contributed by atoms with Crippen LogP contribution in [-0.2, 0) is 28.6 Å². The van der Waals surface area contributed by atoms with Gasteiger partial charge in [-0.2, -0.15) is 0 Å². The maximum atomic E-state index is 13.1. The Bertz CT molecular complexity index is 2520. The number of hydrogen-bond donors (Lipinski definition) is 1. The van der Waals surface area contributed by atoms with E-state index < -0.39 is 360 Å². The van der Waals surface area contributed by atoms with E-state index in [0.717, 1.165) is 0 Å². The molecule has 0 aliphatic heterocycles. The van der Waals surface area contributed by atoms with Gasteiger partial charge in [0.15, 0.2) is 0 Å². The van der Waals surface area contributed by atoms with Gasteiger partial charge in [-0.1, -0.05) is 14.9 Å². The van der Waals surface area contributed by atoms with Crippen LogP contribution in [0, 0.1) is 10.8 Å². The van der Waals surface area contributed by atoms with Gasteiger partial charge in [0, 0.05) is 46.1 Å². The third-order valence-corrected chi connectivity index (χ3v) is 5630. The van der Waals surface area contributed by atoms with Gasteiger partial charge in [0.1, 0.15) is 11.2 Å². The topological polar surface area (TPSA) is 99.1 Å². The second-order valence-electron chi connectivity index (χ2n) is 17.3. The number of carbonyl (C=O) groups is 3. The number of esters is 3. The summed E-state index contributed by atoms with van der Waals surface area (Å²) in [5, 5.41) is 9.07. The average molecular weight is 9700 g/mol. The van der Waals surface area contributed by atoms with Crippen LogP contribution in [0.5, 0.6) is 0 Å². The minimum absolute atomic E-state index is 0. The van der Waals surface area contributed by atoms with Crippen molar-refractivity contribution in [2.45, 2.75) is 125 Å². The number of ether oxygens (including phenoxy) is 3. The largest absolute Gasteiger partial charge is 1.00 e. The molecule has 0 saturated heterocycles. The predicted octanol–water partition coefficient (Wildman–Crippen LogP) is 66.6. The molecule has 0 bridgehead atoms. The molecule has 2 fully saturated rings. The Morgan fingerprint density at radius 2 is 0.477 bits per heavy atom. The molecule has 3 radical (unpaired) electrons. The molecule has 85 heteroatoms. The van der Waals surface area contributed by atoms with E-state index >= 15 is 0 Å². The van der Waals surface area contributed by atoms with E-state index in [1.807, 2.05) is 0 Å². The van der Waals surface area contributed by atoms with E-state index in [1.165, 1.54) is 0 Å². The first-order valence-corrected chi connectivity index (χ1v) is 468. The van der Waals surface area contributed by atoms with Crippen molar-refractivity contribution in [1.82, 2.24) is 0 Å². The Hall–Kier alpha value is 51.3. The number of aliphatic hydroxyl groups is 1. The molecular weight excluding hydrogens is 9660 g/mol. The fourth-order valence-electron chi connectivity index (χ4n) is 5.26.